The van der Waals surface area contributed by atoms with Gasteiger partial charge in [0.1, 0.15) is 0 Å². The van der Waals surface area contributed by atoms with Crippen LogP contribution in [0, 0.1) is 0 Å². The van der Waals surface area contributed by atoms with E-state index in [1.165, 1.54) is 36.7 Å². The molecule has 0 unspecified atom stereocenters. The lowest BCUT2D eigenvalue weighted by molar-refractivity contribution is 0.102. The van der Waals surface area contributed by atoms with Crippen LogP contribution in [0.4, 0.5) is 5.69 Å². The Bertz CT molecular complexity index is 1190. The predicted octanol–water partition coefficient (Wildman–Crippen LogP) is 2.25. The van der Waals surface area contributed by atoms with Gasteiger partial charge < -0.3 is 10.3 Å². The third-order valence-corrected chi connectivity index (χ3v) is 5.54. The number of fused-ring (bicyclic) bond motifs is 1. The van der Waals surface area contributed by atoms with Gasteiger partial charge in [-0.2, -0.15) is 0 Å². The van der Waals surface area contributed by atoms with Crippen LogP contribution in [0.1, 0.15) is 31.1 Å². The minimum absolute atomic E-state index is 0.0716. The van der Waals surface area contributed by atoms with Crippen LogP contribution in [0.5, 0.6) is 0 Å². The van der Waals surface area contributed by atoms with Crippen molar-refractivity contribution in [2.45, 2.75) is 31.2 Å². The molecule has 0 aliphatic carbocycles. The molecule has 0 saturated heterocycles. The summed E-state index contributed by atoms with van der Waals surface area (Å²) in [7, 11) is -3.68. The highest BCUT2D eigenvalue weighted by Crippen LogP contribution is 2.17. The van der Waals surface area contributed by atoms with Crippen LogP contribution >= 0.6 is 0 Å². The summed E-state index contributed by atoms with van der Waals surface area (Å²) >= 11 is 0. The quantitative estimate of drug-likeness (QED) is 0.620. The number of hydrogen-bond acceptors (Lipinski definition) is 5. The van der Waals surface area contributed by atoms with Gasteiger partial charge in [-0.05, 0) is 63.2 Å². The van der Waals surface area contributed by atoms with Crippen molar-refractivity contribution in [1.82, 2.24) is 14.7 Å². The van der Waals surface area contributed by atoms with Crippen molar-refractivity contribution < 1.29 is 13.2 Å². The summed E-state index contributed by atoms with van der Waals surface area (Å²) in [5.74, 6) is -0.424. The Morgan fingerprint density at radius 2 is 1.75 bits per heavy atom. The molecule has 3 aromatic rings. The molecule has 0 radical (unpaired) electrons. The topological polar surface area (TPSA) is 121 Å². The zero-order chi connectivity index (χ0) is 20.5. The fraction of sp³-hybridized carbons (Fsp3) is 0.211. The SMILES string of the molecule is CC(C)(C)NS(=O)(=O)c1ccc(C(=O)Nc2ccc3nc[nH]c(=O)c3c2)cc1. The molecule has 0 bridgehead atoms. The third kappa shape index (κ3) is 4.44. The van der Waals surface area contributed by atoms with Crippen LogP contribution in [0.3, 0.4) is 0 Å². The number of rotatable bonds is 4. The van der Waals surface area contributed by atoms with Gasteiger partial charge in [0.15, 0.2) is 0 Å². The van der Waals surface area contributed by atoms with E-state index in [0.29, 0.717) is 16.6 Å². The first kappa shape index (κ1) is 19.7. The lowest BCUT2D eigenvalue weighted by atomic mass is 10.1. The molecule has 1 aromatic heterocycles. The highest BCUT2D eigenvalue weighted by atomic mass is 32.2. The maximum atomic E-state index is 12.4. The van der Waals surface area contributed by atoms with Crippen molar-refractivity contribution >= 4 is 32.5 Å². The van der Waals surface area contributed by atoms with Crippen LogP contribution in [-0.4, -0.2) is 29.8 Å². The third-order valence-electron chi connectivity index (χ3n) is 3.77. The van der Waals surface area contributed by atoms with Gasteiger partial charge in [0.05, 0.1) is 22.1 Å². The first-order chi connectivity index (χ1) is 13.0. The largest absolute Gasteiger partial charge is 0.322 e. The number of anilines is 1. The zero-order valence-corrected chi connectivity index (χ0v) is 16.4. The van der Waals surface area contributed by atoms with Gasteiger partial charge in [-0.15, -0.1) is 0 Å². The van der Waals surface area contributed by atoms with Crippen LogP contribution in [0.15, 0.2) is 58.5 Å². The number of amides is 1. The second kappa shape index (κ2) is 7.17. The van der Waals surface area contributed by atoms with Gasteiger partial charge in [-0.1, -0.05) is 0 Å². The molecule has 3 rings (SSSR count). The molecule has 0 spiro atoms. The summed E-state index contributed by atoms with van der Waals surface area (Å²) in [5, 5.41) is 3.05. The molecule has 1 heterocycles. The van der Waals surface area contributed by atoms with Gasteiger partial charge in [0.2, 0.25) is 10.0 Å². The molecule has 1 amide bonds. The van der Waals surface area contributed by atoms with E-state index in [-0.39, 0.29) is 16.0 Å². The molecule has 9 heteroatoms. The Labute approximate surface area is 162 Å². The standard InChI is InChI=1S/C19H20N4O4S/c1-19(2,3)23-28(26,27)14-7-4-12(5-8-14)17(24)22-13-6-9-16-15(10-13)18(25)21-11-20-16/h4-11,23H,1-3H3,(H,22,24)(H,20,21,25). The number of aromatic amines is 1. The van der Waals surface area contributed by atoms with E-state index in [4.69, 9.17) is 0 Å². The lowest BCUT2D eigenvalue weighted by Crippen LogP contribution is -2.40. The van der Waals surface area contributed by atoms with Crippen LogP contribution < -0.4 is 15.6 Å². The number of carbonyl (C=O) groups excluding carboxylic acids is 1. The van der Waals surface area contributed by atoms with Crippen LogP contribution in [0.25, 0.3) is 10.9 Å². The number of aromatic nitrogens is 2. The number of sulfonamides is 1. The molecule has 0 fully saturated rings. The molecule has 28 heavy (non-hydrogen) atoms. The van der Waals surface area contributed by atoms with E-state index in [0.717, 1.165) is 0 Å². The summed E-state index contributed by atoms with van der Waals surface area (Å²) in [6, 6.07) is 10.4. The molecular formula is C19H20N4O4S. The van der Waals surface area contributed by atoms with Crippen molar-refractivity contribution in [2.24, 2.45) is 0 Å². The fourth-order valence-corrected chi connectivity index (χ4v) is 4.02. The summed E-state index contributed by atoms with van der Waals surface area (Å²) < 4.78 is 27.2. The molecule has 0 aliphatic heterocycles. The van der Waals surface area contributed by atoms with E-state index in [1.54, 1.807) is 32.9 Å². The first-order valence-electron chi connectivity index (χ1n) is 8.48. The summed E-state index contributed by atoms with van der Waals surface area (Å²) in [6.45, 7) is 5.24. The number of benzene rings is 2. The Morgan fingerprint density at radius 3 is 2.39 bits per heavy atom. The Kier molecular flexibility index (Phi) is 5.05. The van der Waals surface area contributed by atoms with Crippen molar-refractivity contribution in [1.29, 1.82) is 0 Å². The second-order valence-corrected chi connectivity index (χ2v) is 8.98. The van der Waals surface area contributed by atoms with Crippen LogP contribution in [-0.2, 0) is 10.0 Å². The van der Waals surface area contributed by atoms with Crippen LogP contribution in [0.2, 0.25) is 0 Å². The van der Waals surface area contributed by atoms with Crippen molar-refractivity contribution in [3.05, 3.63) is 64.7 Å². The summed E-state index contributed by atoms with van der Waals surface area (Å²) in [4.78, 5) is 30.9. The zero-order valence-electron chi connectivity index (χ0n) is 15.6. The molecule has 2 aromatic carbocycles. The van der Waals surface area contributed by atoms with E-state index >= 15 is 0 Å². The molecule has 3 N–H and O–H groups in total. The van der Waals surface area contributed by atoms with Gasteiger partial charge in [-0.25, -0.2) is 18.1 Å². The molecule has 8 nitrogen and oxygen atoms in total. The Morgan fingerprint density at radius 1 is 1.07 bits per heavy atom. The highest BCUT2D eigenvalue weighted by Gasteiger charge is 2.22. The Hall–Kier alpha value is -3.04. The number of carbonyl (C=O) groups is 1. The maximum absolute atomic E-state index is 12.4. The summed E-state index contributed by atoms with van der Waals surface area (Å²) in [5.41, 5.74) is 0.319. The van der Waals surface area contributed by atoms with Crippen molar-refractivity contribution in [2.75, 3.05) is 5.32 Å². The molecule has 0 aliphatic rings. The molecule has 0 saturated carbocycles. The molecule has 0 atom stereocenters. The smallest absolute Gasteiger partial charge is 0.258 e. The maximum Gasteiger partial charge on any atom is 0.258 e. The van der Waals surface area contributed by atoms with Gasteiger partial charge in [0, 0.05) is 16.8 Å². The summed E-state index contributed by atoms with van der Waals surface area (Å²) in [6.07, 6.45) is 1.31. The average molecular weight is 400 g/mol. The first-order valence-corrected chi connectivity index (χ1v) is 9.96. The van der Waals surface area contributed by atoms with E-state index < -0.39 is 21.5 Å². The lowest BCUT2D eigenvalue weighted by Gasteiger charge is -2.20. The number of hydrogen-bond donors (Lipinski definition) is 3. The van der Waals surface area contributed by atoms with Gasteiger partial charge in [0.25, 0.3) is 11.5 Å². The minimum Gasteiger partial charge on any atom is -0.322 e. The number of H-pyrrole nitrogens is 1. The van der Waals surface area contributed by atoms with Gasteiger partial charge >= 0.3 is 0 Å². The predicted molar refractivity (Wildman–Crippen MR) is 107 cm³/mol. The van der Waals surface area contributed by atoms with E-state index in [9.17, 15) is 18.0 Å². The van der Waals surface area contributed by atoms with Gasteiger partial charge in [-0.3, -0.25) is 9.59 Å². The normalized spacial score (nSPS) is 12.1. The fourth-order valence-electron chi connectivity index (χ4n) is 2.60. The molecule has 146 valence electrons. The van der Waals surface area contributed by atoms with E-state index in [2.05, 4.69) is 20.0 Å². The highest BCUT2D eigenvalue weighted by molar-refractivity contribution is 7.89. The monoisotopic (exact) mass is 400 g/mol. The average Bonchev–Trinajstić information content (AvgIpc) is 2.60. The second-order valence-electron chi connectivity index (χ2n) is 7.30. The van der Waals surface area contributed by atoms with Crippen molar-refractivity contribution in [3.8, 4) is 0 Å². The number of nitrogens with one attached hydrogen (secondary N) is 3. The van der Waals surface area contributed by atoms with E-state index in [1.807, 2.05) is 0 Å². The minimum atomic E-state index is -3.68. The number of nitrogens with zero attached hydrogens (tertiary/aromatic N) is 1. The molecular weight excluding hydrogens is 380 g/mol. The van der Waals surface area contributed by atoms with Crippen molar-refractivity contribution in [3.63, 3.8) is 0 Å². The Balaban J connectivity index is 1.80.